The normalized spacial score (nSPS) is 31.9. The van der Waals surface area contributed by atoms with E-state index in [9.17, 15) is 9.59 Å². The van der Waals surface area contributed by atoms with Crippen molar-refractivity contribution in [3.8, 4) is 0 Å². The highest BCUT2D eigenvalue weighted by molar-refractivity contribution is 5.85. The minimum absolute atomic E-state index is 0.0509. The van der Waals surface area contributed by atoms with Gasteiger partial charge in [0.2, 0.25) is 11.8 Å². The Labute approximate surface area is 171 Å². The monoisotopic (exact) mass is 399 g/mol. The Hall–Kier alpha value is -1.96. The zero-order valence-corrected chi connectivity index (χ0v) is 16.8. The molecule has 0 saturated carbocycles. The largest absolute Gasteiger partial charge is 0.379 e. The highest BCUT2D eigenvalue weighted by Crippen LogP contribution is 2.51. The molecule has 0 unspecified atom stereocenters. The average molecular weight is 399 g/mol. The molecule has 4 aliphatic rings. The molecule has 156 valence electrons. The molecule has 4 saturated heterocycles. The number of nitrogens with zero attached hydrogens (tertiary/aromatic N) is 3. The number of likely N-dealkylation sites (tertiary alicyclic amines) is 1. The van der Waals surface area contributed by atoms with Crippen molar-refractivity contribution in [2.24, 2.45) is 0 Å². The van der Waals surface area contributed by atoms with E-state index < -0.39 is 5.72 Å². The van der Waals surface area contributed by atoms with Crippen molar-refractivity contribution in [3.05, 3.63) is 35.9 Å². The second kappa shape index (κ2) is 7.70. The van der Waals surface area contributed by atoms with Gasteiger partial charge in [0.1, 0.15) is 0 Å². The van der Waals surface area contributed by atoms with Gasteiger partial charge in [0.15, 0.2) is 5.72 Å². The van der Waals surface area contributed by atoms with E-state index >= 15 is 0 Å². The van der Waals surface area contributed by atoms with E-state index in [2.05, 4.69) is 17.0 Å². The molecule has 4 heterocycles. The van der Waals surface area contributed by atoms with Crippen LogP contribution in [0.15, 0.2) is 30.3 Å². The molecular formula is C22H29N3O4. The quantitative estimate of drug-likeness (QED) is 0.749. The van der Waals surface area contributed by atoms with Crippen LogP contribution >= 0.6 is 0 Å². The Kier molecular flexibility index (Phi) is 5.05. The predicted octanol–water partition coefficient (Wildman–Crippen LogP) is 1.40. The summed E-state index contributed by atoms with van der Waals surface area (Å²) < 4.78 is 11.7. The number of carbonyl (C=O) groups is 2. The lowest BCUT2D eigenvalue weighted by Crippen LogP contribution is -2.49. The lowest BCUT2D eigenvalue weighted by Gasteiger charge is -2.33. The lowest BCUT2D eigenvalue weighted by atomic mass is 10.0. The highest BCUT2D eigenvalue weighted by atomic mass is 16.5. The van der Waals surface area contributed by atoms with Crippen LogP contribution in [-0.4, -0.2) is 84.3 Å². The molecule has 4 fully saturated rings. The molecule has 3 atom stereocenters. The Bertz CT molecular complexity index is 767. The van der Waals surface area contributed by atoms with Crippen molar-refractivity contribution in [2.75, 3.05) is 46.0 Å². The van der Waals surface area contributed by atoms with Crippen LogP contribution < -0.4 is 0 Å². The van der Waals surface area contributed by atoms with E-state index in [1.165, 1.54) is 0 Å². The predicted molar refractivity (Wildman–Crippen MR) is 106 cm³/mol. The van der Waals surface area contributed by atoms with Gasteiger partial charge >= 0.3 is 0 Å². The maximum Gasteiger partial charge on any atom is 0.227 e. The van der Waals surface area contributed by atoms with Crippen LogP contribution in [0.1, 0.15) is 37.3 Å². The van der Waals surface area contributed by atoms with Crippen molar-refractivity contribution in [3.63, 3.8) is 0 Å². The van der Waals surface area contributed by atoms with Gasteiger partial charge in [-0.2, -0.15) is 0 Å². The molecule has 0 aromatic heterocycles. The summed E-state index contributed by atoms with van der Waals surface area (Å²) in [6.45, 7) is 5.56. The Balaban J connectivity index is 1.24. The van der Waals surface area contributed by atoms with Crippen LogP contribution in [0.5, 0.6) is 0 Å². The first-order chi connectivity index (χ1) is 14.2. The zero-order valence-electron chi connectivity index (χ0n) is 16.8. The molecule has 5 rings (SSSR count). The summed E-state index contributed by atoms with van der Waals surface area (Å²) in [5.41, 5.74) is 0.478. The number of morpholine rings is 1. The van der Waals surface area contributed by atoms with Crippen LogP contribution in [0, 0.1) is 0 Å². The number of hydrogen-bond donors (Lipinski definition) is 0. The number of hydrogen-bond acceptors (Lipinski definition) is 5. The second-order valence-corrected chi connectivity index (χ2v) is 8.46. The van der Waals surface area contributed by atoms with Gasteiger partial charge in [-0.1, -0.05) is 30.3 Å². The minimum atomic E-state index is -0.628. The van der Waals surface area contributed by atoms with Crippen molar-refractivity contribution >= 4 is 11.8 Å². The van der Waals surface area contributed by atoms with Crippen molar-refractivity contribution in [1.82, 2.24) is 14.7 Å². The lowest BCUT2D eigenvalue weighted by molar-refractivity contribution is -0.141. The molecule has 0 aliphatic carbocycles. The van der Waals surface area contributed by atoms with Gasteiger partial charge in [0.25, 0.3) is 0 Å². The third-order valence-corrected chi connectivity index (χ3v) is 6.93. The summed E-state index contributed by atoms with van der Waals surface area (Å²) in [5, 5.41) is 0. The molecule has 7 nitrogen and oxygen atoms in total. The third-order valence-electron chi connectivity index (χ3n) is 6.93. The van der Waals surface area contributed by atoms with Gasteiger partial charge in [-0.25, -0.2) is 0 Å². The number of amides is 2. The van der Waals surface area contributed by atoms with Crippen molar-refractivity contribution in [1.29, 1.82) is 0 Å². The Morgan fingerprint density at radius 2 is 1.93 bits per heavy atom. The van der Waals surface area contributed by atoms with Crippen LogP contribution in [0.4, 0.5) is 0 Å². The second-order valence-electron chi connectivity index (χ2n) is 8.46. The average Bonchev–Trinajstić information content (AvgIpc) is 3.38. The molecule has 7 heteroatoms. The molecule has 4 aliphatic heterocycles. The first-order valence-electron chi connectivity index (χ1n) is 10.8. The van der Waals surface area contributed by atoms with Gasteiger partial charge in [-0.3, -0.25) is 14.5 Å². The zero-order chi connectivity index (χ0) is 19.8. The first kappa shape index (κ1) is 19.0. The minimum Gasteiger partial charge on any atom is -0.379 e. The third kappa shape index (κ3) is 3.25. The fourth-order valence-corrected chi connectivity index (χ4v) is 5.49. The highest BCUT2D eigenvalue weighted by Gasteiger charge is 2.65. The molecule has 1 spiro atoms. The molecule has 29 heavy (non-hydrogen) atoms. The fourth-order valence-electron chi connectivity index (χ4n) is 5.49. The number of carbonyl (C=O) groups excluding carboxylic acids is 2. The van der Waals surface area contributed by atoms with Gasteiger partial charge in [0, 0.05) is 32.5 Å². The number of benzene rings is 1. The van der Waals surface area contributed by atoms with E-state index in [-0.39, 0.29) is 23.9 Å². The van der Waals surface area contributed by atoms with Gasteiger partial charge in [0.05, 0.1) is 38.3 Å². The smallest absolute Gasteiger partial charge is 0.227 e. The molecule has 1 aromatic carbocycles. The summed E-state index contributed by atoms with van der Waals surface area (Å²) in [4.78, 5) is 32.1. The standard InChI is InChI=1S/C22H29N3O4/c26-20(7-4-9-23-11-13-28-14-12-23)24-10-8-22-19(24)15-21(27)25(22)18(16-29-22)17-5-2-1-3-6-17/h1-3,5-6,18-19H,4,7-16H2/t18-,19+,22-/m0/s1. The number of ether oxygens (including phenoxy) is 2. The van der Waals surface area contributed by atoms with Crippen molar-refractivity contribution in [2.45, 2.75) is 43.5 Å². The topological polar surface area (TPSA) is 62.3 Å². The van der Waals surface area contributed by atoms with Gasteiger partial charge < -0.3 is 19.3 Å². The summed E-state index contributed by atoms with van der Waals surface area (Å²) in [5.74, 6) is 0.258. The molecule has 1 aromatic rings. The van der Waals surface area contributed by atoms with Gasteiger partial charge in [-0.05, 0) is 18.5 Å². The maximum atomic E-state index is 13.0. The van der Waals surface area contributed by atoms with E-state index in [4.69, 9.17) is 9.47 Å². The SMILES string of the molecule is O=C(CCCN1CCOCC1)N1CC[C@@]23OC[C@@H](c4ccccc4)N2C(=O)C[C@@H]13. The van der Waals surface area contributed by atoms with Crippen LogP contribution in [0.2, 0.25) is 0 Å². The Morgan fingerprint density at radius 1 is 1.14 bits per heavy atom. The molecule has 0 N–H and O–H groups in total. The van der Waals surface area contributed by atoms with E-state index in [0.29, 0.717) is 32.4 Å². The Morgan fingerprint density at radius 3 is 2.72 bits per heavy atom. The summed E-state index contributed by atoms with van der Waals surface area (Å²) in [7, 11) is 0. The van der Waals surface area contributed by atoms with Crippen LogP contribution in [0.3, 0.4) is 0 Å². The summed E-state index contributed by atoms with van der Waals surface area (Å²) >= 11 is 0. The number of rotatable bonds is 5. The van der Waals surface area contributed by atoms with E-state index in [0.717, 1.165) is 44.8 Å². The van der Waals surface area contributed by atoms with Crippen LogP contribution in [0.25, 0.3) is 0 Å². The van der Waals surface area contributed by atoms with Crippen molar-refractivity contribution < 1.29 is 19.1 Å². The molecule has 2 amide bonds. The van der Waals surface area contributed by atoms with E-state index in [1.54, 1.807) is 0 Å². The van der Waals surface area contributed by atoms with Crippen LogP contribution in [-0.2, 0) is 19.1 Å². The fraction of sp³-hybridized carbons (Fsp3) is 0.636. The maximum absolute atomic E-state index is 13.0. The van der Waals surface area contributed by atoms with E-state index in [1.807, 2.05) is 28.0 Å². The molecular weight excluding hydrogens is 370 g/mol. The summed E-state index contributed by atoms with van der Waals surface area (Å²) in [6, 6.07) is 9.88. The summed E-state index contributed by atoms with van der Waals surface area (Å²) in [6.07, 6.45) is 2.46. The first-order valence-corrected chi connectivity index (χ1v) is 10.8. The molecule has 0 radical (unpaired) electrons. The van der Waals surface area contributed by atoms with Gasteiger partial charge in [-0.15, -0.1) is 0 Å². The molecule has 0 bridgehead atoms.